The van der Waals surface area contributed by atoms with Crippen LogP contribution in [0.5, 0.6) is 0 Å². The lowest BCUT2D eigenvalue weighted by Crippen LogP contribution is -2.13. The number of hydrogen-bond donors (Lipinski definition) is 1. The van der Waals surface area contributed by atoms with Crippen LogP contribution < -0.4 is 0 Å². The lowest BCUT2D eigenvalue weighted by molar-refractivity contribution is -0.136. The molecule has 1 rings (SSSR count). The molecule has 14 heavy (non-hydrogen) atoms. The maximum Gasteiger partial charge on any atom is 0.311 e. The van der Waals surface area contributed by atoms with Crippen molar-refractivity contribution in [2.24, 2.45) is 7.05 Å². The van der Waals surface area contributed by atoms with Crippen LogP contribution in [0, 0.1) is 0 Å². The molecule has 0 aliphatic rings. The second-order valence-corrected chi connectivity index (χ2v) is 4.30. The molecule has 0 saturated heterocycles. The number of nitrogens with zero attached hydrogens (tertiary/aromatic N) is 3. The van der Waals surface area contributed by atoms with Crippen molar-refractivity contribution in [1.29, 1.82) is 0 Å². The van der Waals surface area contributed by atoms with Gasteiger partial charge in [0.1, 0.15) is 12.2 Å². The normalized spacial score (nSPS) is 11.7. The van der Waals surface area contributed by atoms with Gasteiger partial charge in [-0.3, -0.25) is 9.48 Å². The molecular formula is C9H15N3O2. The SMILES string of the molecule is Cn1nc(C(C)(C)C)nc1CC(=O)O. The van der Waals surface area contributed by atoms with Crippen LogP contribution in [-0.2, 0) is 23.7 Å². The molecule has 0 unspecified atom stereocenters. The van der Waals surface area contributed by atoms with Crippen LogP contribution in [0.25, 0.3) is 0 Å². The summed E-state index contributed by atoms with van der Waals surface area (Å²) in [6.07, 6.45) is -0.0838. The molecule has 0 amide bonds. The molecule has 0 radical (unpaired) electrons. The van der Waals surface area contributed by atoms with E-state index in [1.54, 1.807) is 7.05 Å². The largest absolute Gasteiger partial charge is 0.481 e. The van der Waals surface area contributed by atoms with Gasteiger partial charge in [0.05, 0.1) is 0 Å². The van der Waals surface area contributed by atoms with Crippen molar-refractivity contribution >= 4 is 5.97 Å². The zero-order valence-corrected chi connectivity index (χ0v) is 8.90. The van der Waals surface area contributed by atoms with Crippen LogP contribution in [-0.4, -0.2) is 25.8 Å². The molecule has 5 heteroatoms. The summed E-state index contributed by atoms with van der Waals surface area (Å²) in [5.74, 6) is 0.277. The number of aryl methyl sites for hydroxylation is 1. The summed E-state index contributed by atoms with van der Waals surface area (Å²) in [6, 6.07) is 0. The third kappa shape index (κ3) is 2.31. The van der Waals surface area contributed by atoms with E-state index in [1.807, 2.05) is 20.8 Å². The van der Waals surface area contributed by atoms with Gasteiger partial charge < -0.3 is 5.11 Å². The highest BCUT2D eigenvalue weighted by Crippen LogP contribution is 2.18. The van der Waals surface area contributed by atoms with Gasteiger partial charge in [-0.2, -0.15) is 5.10 Å². The van der Waals surface area contributed by atoms with Crippen molar-refractivity contribution in [1.82, 2.24) is 14.8 Å². The summed E-state index contributed by atoms with van der Waals surface area (Å²) in [7, 11) is 1.71. The van der Waals surface area contributed by atoms with Crippen LogP contribution in [0.1, 0.15) is 32.4 Å². The third-order valence-corrected chi connectivity index (χ3v) is 1.83. The first kappa shape index (κ1) is 10.7. The Balaban J connectivity index is 2.99. The van der Waals surface area contributed by atoms with Crippen LogP contribution >= 0.6 is 0 Å². The molecule has 1 heterocycles. The van der Waals surface area contributed by atoms with Gasteiger partial charge in [0, 0.05) is 12.5 Å². The summed E-state index contributed by atoms with van der Waals surface area (Å²) < 4.78 is 1.52. The van der Waals surface area contributed by atoms with Crippen molar-refractivity contribution in [3.05, 3.63) is 11.6 Å². The van der Waals surface area contributed by atoms with Gasteiger partial charge in [0.25, 0.3) is 0 Å². The Kier molecular flexibility index (Phi) is 2.59. The molecule has 0 aliphatic heterocycles. The molecule has 0 fully saturated rings. The number of carbonyl (C=O) groups is 1. The monoisotopic (exact) mass is 197 g/mol. The quantitative estimate of drug-likeness (QED) is 0.759. The predicted octanol–water partition coefficient (Wildman–Crippen LogP) is 0.740. The number of aliphatic carboxylic acids is 1. The van der Waals surface area contributed by atoms with E-state index >= 15 is 0 Å². The van der Waals surface area contributed by atoms with E-state index in [-0.39, 0.29) is 11.8 Å². The van der Waals surface area contributed by atoms with Crippen LogP contribution in [0.2, 0.25) is 0 Å². The number of hydrogen-bond acceptors (Lipinski definition) is 3. The molecule has 0 saturated carbocycles. The summed E-state index contributed by atoms with van der Waals surface area (Å²) in [5.41, 5.74) is -0.144. The molecular weight excluding hydrogens is 182 g/mol. The Bertz CT molecular complexity index is 349. The van der Waals surface area contributed by atoms with Crippen LogP contribution in [0.3, 0.4) is 0 Å². The number of aromatic nitrogens is 3. The fraction of sp³-hybridized carbons (Fsp3) is 0.667. The zero-order valence-electron chi connectivity index (χ0n) is 8.90. The standard InChI is InChI=1S/C9H15N3O2/c1-9(2,3)8-10-6(5-7(13)14)12(4)11-8/h5H2,1-4H3,(H,13,14). The Hall–Kier alpha value is -1.39. The van der Waals surface area contributed by atoms with E-state index in [1.165, 1.54) is 4.68 Å². The van der Waals surface area contributed by atoms with Crippen molar-refractivity contribution in [2.75, 3.05) is 0 Å². The molecule has 0 atom stereocenters. The number of carboxylic acid groups (broad SMARTS) is 1. The van der Waals surface area contributed by atoms with E-state index in [9.17, 15) is 4.79 Å². The fourth-order valence-corrected chi connectivity index (χ4v) is 1.02. The summed E-state index contributed by atoms with van der Waals surface area (Å²) >= 11 is 0. The molecule has 0 aliphatic carbocycles. The average Bonchev–Trinajstić information content (AvgIpc) is 2.30. The Morgan fingerprint density at radius 1 is 1.50 bits per heavy atom. The Morgan fingerprint density at radius 2 is 2.07 bits per heavy atom. The van der Waals surface area contributed by atoms with Gasteiger partial charge in [0.2, 0.25) is 0 Å². The van der Waals surface area contributed by atoms with Gasteiger partial charge >= 0.3 is 5.97 Å². The van der Waals surface area contributed by atoms with Crippen molar-refractivity contribution < 1.29 is 9.90 Å². The highest BCUT2D eigenvalue weighted by molar-refractivity contribution is 5.69. The lowest BCUT2D eigenvalue weighted by Gasteiger charge is -2.11. The molecule has 0 aromatic carbocycles. The van der Waals surface area contributed by atoms with Crippen molar-refractivity contribution in [3.8, 4) is 0 Å². The van der Waals surface area contributed by atoms with E-state index in [2.05, 4.69) is 10.1 Å². The first-order valence-corrected chi connectivity index (χ1v) is 4.43. The minimum Gasteiger partial charge on any atom is -0.481 e. The number of carboxylic acids is 1. The van der Waals surface area contributed by atoms with Crippen molar-refractivity contribution in [3.63, 3.8) is 0 Å². The highest BCUT2D eigenvalue weighted by atomic mass is 16.4. The van der Waals surface area contributed by atoms with E-state index in [0.29, 0.717) is 11.6 Å². The van der Waals surface area contributed by atoms with E-state index in [4.69, 9.17) is 5.11 Å². The smallest absolute Gasteiger partial charge is 0.311 e. The lowest BCUT2D eigenvalue weighted by atomic mass is 9.96. The molecule has 5 nitrogen and oxygen atoms in total. The molecule has 0 bridgehead atoms. The highest BCUT2D eigenvalue weighted by Gasteiger charge is 2.21. The second kappa shape index (κ2) is 3.40. The molecule has 78 valence electrons. The summed E-state index contributed by atoms with van der Waals surface area (Å²) in [6.45, 7) is 5.98. The average molecular weight is 197 g/mol. The van der Waals surface area contributed by atoms with Crippen LogP contribution in [0.15, 0.2) is 0 Å². The predicted molar refractivity (Wildman–Crippen MR) is 51.0 cm³/mol. The van der Waals surface area contributed by atoms with Gasteiger partial charge in [-0.15, -0.1) is 0 Å². The maximum absolute atomic E-state index is 10.5. The fourth-order valence-electron chi connectivity index (χ4n) is 1.02. The summed E-state index contributed by atoms with van der Waals surface area (Å²) in [5, 5.41) is 12.8. The first-order valence-electron chi connectivity index (χ1n) is 4.43. The Morgan fingerprint density at radius 3 is 2.43 bits per heavy atom. The van der Waals surface area contributed by atoms with Gasteiger partial charge in [-0.1, -0.05) is 20.8 Å². The van der Waals surface area contributed by atoms with E-state index < -0.39 is 5.97 Å². The summed E-state index contributed by atoms with van der Waals surface area (Å²) in [4.78, 5) is 14.7. The first-order chi connectivity index (χ1) is 6.30. The second-order valence-electron chi connectivity index (χ2n) is 4.30. The van der Waals surface area contributed by atoms with Gasteiger partial charge in [-0.25, -0.2) is 4.98 Å². The van der Waals surface area contributed by atoms with Crippen LogP contribution in [0.4, 0.5) is 0 Å². The minimum atomic E-state index is -0.888. The van der Waals surface area contributed by atoms with Gasteiger partial charge in [-0.05, 0) is 0 Å². The molecule has 1 aromatic heterocycles. The van der Waals surface area contributed by atoms with E-state index in [0.717, 1.165) is 0 Å². The zero-order chi connectivity index (χ0) is 10.9. The molecule has 1 N–H and O–H groups in total. The molecule has 0 spiro atoms. The topological polar surface area (TPSA) is 68.0 Å². The van der Waals surface area contributed by atoms with Gasteiger partial charge in [0.15, 0.2) is 5.82 Å². The molecule has 1 aromatic rings. The minimum absolute atomic E-state index is 0.0838. The van der Waals surface area contributed by atoms with Crippen molar-refractivity contribution in [2.45, 2.75) is 32.6 Å². The Labute approximate surface area is 82.8 Å². The maximum atomic E-state index is 10.5. The third-order valence-electron chi connectivity index (χ3n) is 1.83. The number of rotatable bonds is 2.